The first-order valence-electron chi connectivity index (χ1n) is 9.53. The summed E-state index contributed by atoms with van der Waals surface area (Å²) in [6.45, 7) is 5.76. The number of likely N-dealkylation sites (tertiary alicyclic amines) is 1. The Kier molecular flexibility index (Phi) is 6.66. The molecule has 156 valence electrons. The molecule has 1 aliphatic rings. The molecule has 1 aromatic heterocycles. The summed E-state index contributed by atoms with van der Waals surface area (Å²) in [4.78, 5) is 22.3. The Morgan fingerprint density at radius 3 is 2.83 bits per heavy atom. The highest BCUT2D eigenvalue weighted by Gasteiger charge is 2.31. The van der Waals surface area contributed by atoms with Crippen LogP contribution in [0.25, 0.3) is 5.57 Å². The van der Waals surface area contributed by atoms with Gasteiger partial charge in [-0.25, -0.2) is 18.7 Å². The van der Waals surface area contributed by atoms with E-state index in [-0.39, 0.29) is 24.8 Å². The van der Waals surface area contributed by atoms with Crippen molar-refractivity contribution in [2.75, 3.05) is 18.4 Å². The second-order valence-corrected chi connectivity index (χ2v) is 7.14. The summed E-state index contributed by atoms with van der Waals surface area (Å²) in [5, 5.41) is 10.2. The summed E-state index contributed by atoms with van der Waals surface area (Å²) in [5.41, 5.74) is 1.54. The van der Waals surface area contributed by atoms with Gasteiger partial charge in [0.05, 0.1) is 12.2 Å². The standard InChI is InChI=1S/C22H23F2N5O/c1-14(5-4-8-25)20-11-21(26-19-7-3-6-17(23)10-19)28-22(27-20)16-9-18(24)13-29(12-16)15(2)30/h3-8,10-11,16,18,25H,1,9,12-13H2,2H3,(H,26,27,28)/b5-4-,25-8?. The van der Waals surface area contributed by atoms with E-state index < -0.39 is 12.0 Å². The average Bonchev–Trinajstić information content (AvgIpc) is 2.71. The number of halogens is 2. The molecule has 8 heteroatoms. The SMILES string of the molecule is C=C(/C=C\C=N)c1cc(Nc2cccc(F)c2)nc(C2CC(F)CN(C(C)=O)C2)n1. The van der Waals surface area contributed by atoms with Crippen molar-refractivity contribution in [2.45, 2.75) is 25.4 Å². The molecule has 0 bridgehead atoms. The molecule has 6 nitrogen and oxygen atoms in total. The first kappa shape index (κ1) is 21.3. The van der Waals surface area contributed by atoms with Crippen LogP contribution in [0.3, 0.4) is 0 Å². The normalized spacial score (nSPS) is 19.0. The van der Waals surface area contributed by atoms with Crippen molar-refractivity contribution in [3.05, 3.63) is 66.4 Å². The van der Waals surface area contributed by atoms with Crippen LogP contribution in [0.1, 0.15) is 30.8 Å². The maximum Gasteiger partial charge on any atom is 0.219 e. The highest BCUT2D eigenvalue weighted by atomic mass is 19.1. The van der Waals surface area contributed by atoms with E-state index in [0.29, 0.717) is 35.1 Å². The first-order chi connectivity index (χ1) is 14.4. The second-order valence-electron chi connectivity index (χ2n) is 7.14. The fourth-order valence-electron chi connectivity index (χ4n) is 3.32. The number of carbonyl (C=O) groups is 1. The molecule has 1 amide bonds. The van der Waals surface area contributed by atoms with Crippen LogP contribution in [0, 0.1) is 11.2 Å². The van der Waals surface area contributed by atoms with Crippen LogP contribution in [0.15, 0.2) is 49.1 Å². The number of rotatable bonds is 6. The minimum Gasteiger partial charge on any atom is -0.340 e. The lowest BCUT2D eigenvalue weighted by molar-refractivity contribution is -0.131. The van der Waals surface area contributed by atoms with E-state index in [9.17, 15) is 13.6 Å². The van der Waals surface area contributed by atoms with Gasteiger partial charge in [0, 0.05) is 37.4 Å². The maximum atomic E-state index is 14.3. The van der Waals surface area contributed by atoms with Crippen molar-refractivity contribution >= 4 is 29.2 Å². The molecule has 0 saturated carbocycles. The van der Waals surface area contributed by atoms with Crippen molar-refractivity contribution in [1.29, 1.82) is 5.41 Å². The summed E-state index contributed by atoms with van der Waals surface area (Å²) in [5.74, 6) is -0.192. The number of anilines is 2. The number of benzene rings is 1. The first-order valence-corrected chi connectivity index (χ1v) is 9.53. The zero-order valence-corrected chi connectivity index (χ0v) is 16.6. The van der Waals surface area contributed by atoms with Gasteiger partial charge in [0.25, 0.3) is 0 Å². The van der Waals surface area contributed by atoms with Crippen LogP contribution in [0.5, 0.6) is 0 Å². The van der Waals surface area contributed by atoms with Gasteiger partial charge in [0.1, 0.15) is 23.6 Å². The molecule has 2 atom stereocenters. The third-order valence-electron chi connectivity index (χ3n) is 4.77. The molecule has 2 heterocycles. The summed E-state index contributed by atoms with van der Waals surface area (Å²) in [6.07, 6.45) is 3.31. The van der Waals surface area contributed by atoms with Crippen molar-refractivity contribution < 1.29 is 13.6 Å². The topological polar surface area (TPSA) is 82.0 Å². The molecule has 1 saturated heterocycles. The van der Waals surface area contributed by atoms with Crippen molar-refractivity contribution in [1.82, 2.24) is 14.9 Å². The van der Waals surface area contributed by atoms with Crippen molar-refractivity contribution in [3.63, 3.8) is 0 Å². The second kappa shape index (κ2) is 9.39. The van der Waals surface area contributed by atoms with E-state index in [1.807, 2.05) is 0 Å². The fourth-order valence-corrected chi connectivity index (χ4v) is 3.32. The van der Waals surface area contributed by atoms with Gasteiger partial charge in [0.2, 0.25) is 5.91 Å². The van der Waals surface area contributed by atoms with Crippen LogP contribution in [-0.2, 0) is 4.79 Å². The summed E-state index contributed by atoms with van der Waals surface area (Å²) in [6, 6.07) is 7.60. The molecule has 2 N–H and O–H groups in total. The lowest BCUT2D eigenvalue weighted by atomic mass is 9.95. The lowest BCUT2D eigenvalue weighted by Gasteiger charge is -2.33. The van der Waals surface area contributed by atoms with Crippen molar-refractivity contribution in [2.24, 2.45) is 0 Å². The molecule has 2 unspecified atom stereocenters. The minimum atomic E-state index is -1.17. The number of amides is 1. The Hall–Kier alpha value is -3.42. The van der Waals surface area contributed by atoms with E-state index >= 15 is 0 Å². The third kappa shape index (κ3) is 5.34. The molecule has 1 fully saturated rings. The number of carbonyl (C=O) groups excluding carboxylic acids is 1. The largest absolute Gasteiger partial charge is 0.340 e. The van der Waals surface area contributed by atoms with Gasteiger partial charge in [-0.05, 0) is 36.3 Å². The average molecular weight is 411 g/mol. The molecule has 1 aromatic carbocycles. The van der Waals surface area contributed by atoms with Crippen LogP contribution in [0.2, 0.25) is 0 Å². The molecule has 0 spiro atoms. The van der Waals surface area contributed by atoms with Crippen LogP contribution >= 0.6 is 0 Å². The predicted octanol–water partition coefficient (Wildman–Crippen LogP) is 4.25. The number of nitrogens with zero attached hydrogens (tertiary/aromatic N) is 3. The summed E-state index contributed by atoms with van der Waals surface area (Å²) in [7, 11) is 0. The smallest absolute Gasteiger partial charge is 0.219 e. The molecule has 30 heavy (non-hydrogen) atoms. The van der Waals surface area contributed by atoms with Crippen molar-refractivity contribution in [3.8, 4) is 0 Å². The van der Waals surface area contributed by atoms with E-state index in [4.69, 9.17) is 5.41 Å². The maximum absolute atomic E-state index is 14.3. The predicted molar refractivity (Wildman–Crippen MR) is 113 cm³/mol. The molecule has 0 aliphatic carbocycles. The Morgan fingerprint density at radius 2 is 2.13 bits per heavy atom. The molecule has 2 aromatic rings. The van der Waals surface area contributed by atoms with E-state index in [0.717, 1.165) is 6.21 Å². The monoisotopic (exact) mass is 411 g/mol. The van der Waals surface area contributed by atoms with E-state index in [1.54, 1.807) is 24.3 Å². The third-order valence-corrected chi connectivity index (χ3v) is 4.77. The van der Waals surface area contributed by atoms with Gasteiger partial charge in [-0.1, -0.05) is 18.7 Å². The minimum absolute atomic E-state index is 0.0642. The molecule has 3 rings (SSSR count). The van der Waals surface area contributed by atoms with Crippen LogP contribution < -0.4 is 5.32 Å². The number of piperidine rings is 1. The number of hydrogen-bond donors (Lipinski definition) is 2. The lowest BCUT2D eigenvalue weighted by Crippen LogP contribution is -2.43. The van der Waals surface area contributed by atoms with Gasteiger partial charge < -0.3 is 15.6 Å². The van der Waals surface area contributed by atoms with Crippen LogP contribution in [-0.4, -0.2) is 46.3 Å². The molecular weight excluding hydrogens is 388 g/mol. The molecule has 1 aliphatic heterocycles. The number of hydrogen-bond acceptors (Lipinski definition) is 5. The fraction of sp³-hybridized carbons (Fsp3) is 0.273. The number of alkyl halides is 1. The highest BCUT2D eigenvalue weighted by Crippen LogP contribution is 2.29. The zero-order valence-electron chi connectivity index (χ0n) is 16.6. The zero-order chi connectivity index (χ0) is 21.7. The Morgan fingerprint density at radius 1 is 1.33 bits per heavy atom. The number of allylic oxidation sites excluding steroid dienone is 3. The van der Waals surface area contributed by atoms with Gasteiger partial charge in [-0.3, -0.25) is 4.79 Å². The van der Waals surface area contributed by atoms with Gasteiger partial charge >= 0.3 is 0 Å². The number of nitrogens with one attached hydrogen (secondary N) is 2. The van der Waals surface area contributed by atoms with Crippen LogP contribution in [0.4, 0.5) is 20.3 Å². The Balaban J connectivity index is 1.98. The molecule has 0 radical (unpaired) electrons. The summed E-state index contributed by atoms with van der Waals surface area (Å²) >= 11 is 0. The Labute approximate surface area is 173 Å². The van der Waals surface area contributed by atoms with Gasteiger partial charge in [0.15, 0.2) is 0 Å². The van der Waals surface area contributed by atoms with E-state index in [1.165, 1.54) is 30.0 Å². The van der Waals surface area contributed by atoms with Gasteiger partial charge in [-0.15, -0.1) is 0 Å². The number of aromatic nitrogens is 2. The molecular formula is C22H23F2N5O. The quantitative estimate of drug-likeness (QED) is 0.550. The Bertz CT molecular complexity index is 991. The van der Waals surface area contributed by atoms with Gasteiger partial charge in [-0.2, -0.15) is 0 Å². The summed E-state index contributed by atoms with van der Waals surface area (Å²) < 4.78 is 27.8. The van der Waals surface area contributed by atoms with E-state index in [2.05, 4.69) is 21.9 Å². The highest BCUT2D eigenvalue weighted by molar-refractivity contribution is 5.78.